The molecule has 1 fully saturated rings. The lowest BCUT2D eigenvalue weighted by Crippen LogP contribution is -2.49. The fourth-order valence-electron chi connectivity index (χ4n) is 2.57. The third-order valence-electron chi connectivity index (χ3n) is 3.95. The number of aryl methyl sites for hydroxylation is 1. The lowest BCUT2D eigenvalue weighted by molar-refractivity contribution is -0.133. The summed E-state index contributed by atoms with van der Waals surface area (Å²) in [7, 11) is 0. The number of hydrogen-bond donors (Lipinski definition) is 3. The van der Waals surface area contributed by atoms with E-state index in [1.807, 2.05) is 31.2 Å². The van der Waals surface area contributed by atoms with Crippen LogP contribution >= 0.6 is 0 Å². The van der Waals surface area contributed by atoms with Gasteiger partial charge in [-0.3, -0.25) is 9.59 Å². The quantitative estimate of drug-likeness (QED) is 0.706. The molecule has 2 unspecified atom stereocenters. The van der Waals surface area contributed by atoms with E-state index in [1.165, 1.54) is 0 Å². The highest BCUT2D eigenvalue weighted by Crippen LogP contribution is 2.12. The molecule has 2 rings (SSSR count). The molecule has 5 N–H and O–H groups in total. The zero-order chi connectivity index (χ0) is 16.1. The summed E-state index contributed by atoms with van der Waals surface area (Å²) >= 11 is 0. The van der Waals surface area contributed by atoms with Crippen molar-refractivity contribution in [1.82, 2.24) is 10.2 Å². The first-order chi connectivity index (χ1) is 10.5. The van der Waals surface area contributed by atoms with Crippen LogP contribution in [0.4, 0.5) is 0 Å². The van der Waals surface area contributed by atoms with Crippen molar-refractivity contribution in [3.05, 3.63) is 35.4 Å². The average Bonchev–Trinajstić information content (AvgIpc) is 2.93. The molecule has 1 saturated heterocycles. The molecule has 2 amide bonds. The Morgan fingerprint density at radius 2 is 2.05 bits per heavy atom. The van der Waals surface area contributed by atoms with E-state index in [2.05, 4.69) is 5.32 Å². The van der Waals surface area contributed by atoms with E-state index in [-0.39, 0.29) is 24.5 Å². The first kappa shape index (κ1) is 16.5. The van der Waals surface area contributed by atoms with Gasteiger partial charge in [-0.05, 0) is 31.7 Å². The molecule has 0 spiro atoms. The molecule has 0 bridgehead atoms. The number of nitrogens with one attached hydrogen (secondary N) is 1. The summed E-state index contributed by atoms with van der Waals surface area (Å²) < 4.78 is 0. The van der Waals surface area contributed by atoms with Crippen LogP contribution in [0.5, 0.6) is 0 Å². The van der Waals surface area contributed by atoms with E-state index in [4.69, 9.17) is 11.5 Å². The van der Waals surface area contributed by atoms with Gasteiger partial charge in [-0.2, -0.15) is 0 Å². The molecule has 0 radical (unpaired) electrons. The van der Waals surface area contributed by atoms with E-state index >= 15 is 0 Å². The minimum Gasteiger partial charge on any atom is -0.346 e. The van der Waals surface area contributed by atoms with Crippen LogP contribution in [-0.4, -0.2) is 42.0 Å². The van der Waals surface area contributed by atoms with E-state index in [0.717, 1.165) is 24.0 Å². The molecule has 0 saturated carbocycles. The van der Waals surface area contributed by atoms with Gasteiger partial charge in [-0.1, -0.05) is 29.8 Å². The second kappa shape index (κ2) is 7.38. The number of likely N-dealkylation sites (tertiary alicyclic amines) is 1. The van der Waals surface area contributed by atoms with E-state index < -0.39 is 6.04 Å². The number of amides is 2. The maximum Gasteiger partial charge on any atom is 0.243 e. The van der Waals surface area contributed by atoms with Crippen molar-refractivity contribution in [2.24, 2.45) is 11.5 Å². The summed E-state index contributed by atoms with van der Waals surface area (Å²) in [5.41, 5.74) is 13.9. The maximum absolute atomic E-state index is 12.0. The lowest BCUT2D eigenvalue weighted by atomic mass is 10.0. The van der Waals surface area contributed by atoms with Gasteiger partial charge in [0.15, 0.2) is 0 Å². The van der Waals surface area contributed by atoms with Crippen LogP contribution in [0.25, 0.3) is 0 Å². The summed E-state index contributed by atoms with van der Waals surface area (Å²) in [6.45, 7) is 2.62. The van der Waals surface area contributed by atoms with Crippen LogP contribution in [0, 0.1) is 6.92 Å². The number of nitrogens with two attached hydrogens (primary N) is 2. The highest BCUT2D eigenvalue weighted by Gasteiger charge is 2.26. The monoisotopic (exact) mass is 304 g/mol. The Labute approximate surface area is 130 Å². The van der Waals surface area contributed by atoms with Crippen molar-refractivity contribution in [3.63, 3.8) is 0 Å². The van der Waals surface area contributed by atoms with Crippen molar-refractivity contribution >= 4 is 11.8 Å². The summed E-state index contributed by atoms with van der Waals surface area (Å²) in [6, 6.07) is 7.22. The molecular formula is C16H24N4O2. The fraction of sp³-hybridized carbons (Fsp3) is 0.500. The molecule has 2 atom stereocenters. The van der Waals surface area contributed by atoms with Gasteiger partial charge in [-0.25, -0.2) is 0 Å². The zero-order valence-corrected chi connectivity index (χ0v) is 12.9. The van der Waals surface area contributed by atoms with E-state index in [0.29, 0.717) is 13.0 Å². The zero-order valence-electron chi connectivity index (χ0n) is 12.9. The smallest absolute Gasteiger partial charge is 0.243 e. The number of nitrogens with zero attached hydrogens (tertiary/aromatic N) is 1. The molecule has 1 aromatic rings. The van der Waals surface area contributed by atoms with Crippen molar-refractivity contribution in [1.29, 1.82) is 0 Å². The standard InChI is InChI=1S/C16H24N4O2/c1-11-4-6-12(7-5-11)9-13(17)16(22)19-10-15(21)20-8-2-3-14(20)18/h4-7,13-14H,2-3,8-10,17-18H2,1H3,(H,19,22). The third kappa shape index (κ3) is 4.29. The molecule has 1 aliphatic heterocycles. The Bertz CT molecular complexity index is 529. The molecule has 6 heteroatoms. The molecule has 0 aliphatic carbocycles. The molecule has 0 aromatic heterocycles. The summed E-state index contributed by atoms with van der Waals surface area (Å²) in [5, 5.41) is 2.60. The van der Waals surface area contributed by atoms with Crippen molar-refractivity contribution < 1.29 is 9.59 Å². The van der Waals surface area contributed by atoms with Gasteiger partial charge in [0.05, 0.1) is 18.8 Å². The molecule has 6 nitrogen and oxygen atoms in total. The molecule has 1 aromatic carbocycles. The summed E-state index contributed by atoms with van der Waals surface area (Å²) in [4.78, 5) is 25.5. The Balaban J connectivity index is 1.78. The number of rotatable bonds is 5. The van der Waals surface area contributed by atoms with Gasteiger partial charge in [0, 0.05) is 6.54 Å². The molecule has 1 heterocycles. The number of carbonyl (C=O) groups excluding carboxylic acids is 2. The first-order valence-electron chi connectivity index (χ1n) is 7.61. The van der Waals surface area contributed by atoms with E-state index in [1.54, 1.807) is 4.90 Å². The van der Waals surface area contributed by atoms with Gasteiger partial charge in [0.2, 0.25) is 11.8 Å². The van der Waals surface area contributed by atoms with Crippen LogP contribution < -0.4 is 16.8 Å². The van der Waals surface area contributed by atoms with Gasteiger partial charge >= 0.3 is 0 Å². The second-order valence-electron chi connectivity index (χ2n) is 5.81. The largest absolute Gasteiger partial charge is 0.346 e. The Morgan fingerprint density at radius 1 is 1.36 bits per heavy atom. The highest BCUT2D eigenvalue weighted by molar-refractivity contribution is 5.87. The van der Waals surface area contributed by atoms with Crippen molar-refractivity contribution in [3.8, 4) is 0 Å². The predicted octanol–water partition coefficient (Wildman–Crippen LogP) is -0.112. The lowest BCUT2D eigenvalue weighted by Gasteiger charge is -2.21. The normalized spacial score (nSPS) is 19.0. The molecule has 120 valence electrons. The first-order valence-corrected chi connectivity index (χ1v) is 7.61. The number of carbonyl (C=O) groups is 2. The Kier molecular flexibility index (Phi) is 5.51. The fourth-order valence-corrected chi connectivity index (χ4v) is 2.57. The SMILES string of the molecule is Cc1ccc(CC(N)C(=O)NCC(=O)N2CCCC2N)cc1. The van der Waals surface area contributed by atoms with Crippen LogP contribution in [0.2, 0.25) is 0 Å². The molecule has 22 heavy (non-hydrogen) atoms. The van der Waals surface area contributed by atoms with Gasteiger partial charge in [0.1, 0.15) is 0 Å². The maximum atomic E-state index is 12.0. The van der Waals surface area contributed by atoms with Gasteiger partial charge < -0.3 is 21.7 Å². The number of benzene rings is 1. The van der Waals surface area contributed by atoms with Crippen molar-refractivity contribution in [2.45, 2.75) is 38.4 Å². The number of hydrogen-bond acceptors (Lipinski definition) is 4. The molecular weight excluding hydrogens is 280 g/mol. The van der Waals surface area contributed by atoms with Crippen LogP contribution in [-0.2, 0) is 16.0 Å². The van der Waals surface area contributed by atoms with E-state index in [9.17, 15) is 9.59 Å². The molecule has 1 aliphatic rings. The summed E-state index contributed by atoms with van der Waals surface area (Å²) in [6.07, 6.45) is 1.94. The van der Waals surface area contributed by atoms with Gasteiger partial charge in [-0.15, -0.1) is 0 Å². The minimum atomic E-state index is -0.664. The van der Waals surface area contributed by atoms with Crippen LogP contribution in [0.3, 0.4) is 0 Å². The average molecular weight is 304 g/mol. The van der Waals surface area contributed by atoms with Crippen LogP contribution in [0.15, 0.2) is 24.3 Å². The summed E-state index contributed by atoms with van der Waals surface area (Å²) in [5.74, 6) is -0.470. The minimum absolute atomic E-state index is 0.0475. The highest BCUT2D eigenvalue weighted by atomic mass is 16.2. The predicted molar refractivity (Wildman–Crippen MR) is 84.8 cm³/mol. The van der Waals surface area contributed by atoms with Crippen molar-refractivity contribution in [2.75, 3.05) is 13.1 Å². The topological polar surface area (TPSA) is 101 Å². The Morgan fingerprint density at radius 3 is 2.64 bits per heavy atom. The third-order valence-corrected chi connectivity index (χ3v) is 3.95. The Hall–Kier alpha value is -1.92. The second-order valence-corrected chi connectivity index (χ2v) is 5.81. The van der Waals surface area contributed by atoms with Crippen LogP contribution in [0.1, 0.15) is 24.0 Å². The van der Waals surface area contributed by atoms with Gasteiger partial charge in [0.25, 0.3) is 0 Å².